The molecule has 0 amide bonds. The summed E-state index contributed by atoms with van der Waals surface area (Å²) in [5, 5.41) is 8.14. The molecule has 0 saturated carbocycles. The third-order valence-electron chi connectivity index (χ3n) is 2.28. The minimum Gasteiger partial charge on any atom is -0.313 e. The van der Waals surface area contributed by atoms with Gasteiger partial charge in [-0.1, -0.05) is 41.9 Å². The van der Waals surface area contributed by atoms with Crippen molar-refractivity contribution < 1.29 is 0 Å². The Morgan fingerprint density at radius 2 is 1.94 bits per heavy atom. The molecule has 0 atom stereocenters. The van der Waals surface area contributed by atoms with Crippen LogP contribution in [0.3, 0.4) is 0 Å². The molecule has 0 saturated heterocycles. The fourth-order valence-electron chi connectivity index (χ4n) is 1.60. The molecule has 3 nitrogen and oxygen atoms in total. The van der Waals surface area contributed by atoms with Crippen LogP contribution >= 0.6 is 15.9 Å². The number of halogens is 1. The summed E-state index contributed by atoms with van der Waals surface area (Å²) in [4.78, 5) is 0. The van der Waals surface area contributed by atoms with E-state index in [9.17, 15) is 0 Å². The number of hydrogen-bond acceptors (Lipinski definition) is 2. The molecule has 84 valence electrons. The lowest BCUT2D eigenvalue weighted by atomic mass is 10.2. The monoisotopic (exact) mass is 279 g/mol. The molecular formula is C12H14BrN3. The maximum absolute atomic E-state index is 4.17. The van der Waals surface area contributed by atoms with Gasteiger partial charge in [-0.05, 0) is 18.1 Å². The first-order valence-electron chi connectivity index (χ1n) is 5.30. The second-order valence-corrected chi connectivity index (χ2v) is 5.12. The van der Waals surface area contributed by atoms with E-state index in [1.165, 1.54) is 0 Å². The van der Waals surface area contributed by atoms with Gasteiger partial charge in [0.2, 0.25) is 0 Å². The molecule has 0 unspecified atom stereocenters. The van der Waals surface area contributed by atoms with Crippen molar-refractivity contribution in [1.29, 1.82) is 0 Å². The second kappa shape index (κ2) is 4.78. The molecule has 2 rings (SSSR count). The van der Waals surface area contributed by atoms with Crippen LogP contribution in [0.25, 0.3) is 11.4 Å². The summed E-state index contributed by atoms with van der Waals surface area (Å²) in [5.74, 6) is 1.52. The highest BCUT2D eigenvalue weighted by molar-refractivity contribution is 9.10. The van der Waals surface area contributed by atoms with E-state index in [-0.39, 0.29) is 0 Å². The Hall–Kier alpha value is -1.16. The van der Waals surface area contributed by atoms with E-state index in [2.05, 4.69) is 44.5 Å². The molecule has 0 spiro atoms. The molecular weight excluding hydrogens is 266 g/mol. The van der Waals surface area contributed by atoms with Crippen LogP contribution in [0.2, 0.25) is 0 Å². The van der Waals surface area contributed by atoms with Gasteiger partial charge in [0.1, 0.15) is 6.33 Å². The van der Waals surface area contributed by atoms with Crippen molar-refractivity contribution >= 4 is 15.9 Å². The van der Waals surface area contributed by atoms with E-state index in [1.807, 2.05) is 24.3 Å². The van der Waals surface area contributed by atoms with E-state index in [4.69, 9.17) is 0 Å². The number of benzene rings is 1. The predicted octanol–water partition coefficient (Wildman–Crippen LogP) is 3.36. The Kier molecular flexibility index (Phi) is 3.39. The molecule has 2 aromatic rings. The largest absolute Gasteiger partial charge is 0.313 e. The molecule has 0 N–H and O–H groups in total. The zero-order valence-electron chi connectivity index (χ0n) is 9.39. The molecule has 4 heteroatoms. The Balaban J connectivity index is 2.33. The van der Waals surface area contributed by atoms with Crippen LogP contribution in [0.15, 0.2) is 35.1 Å². The van der Waals surface area contributed by atoms with Crippen LogP contribution in [0.4, 0.5) is 0 Å². The quantitative estimate of drug-likeness (QED) is 0.863. The van der Waals surface area contributed by atoms with Gasteiger partial charge in [-0.25, -0.2) is 0 Å². The molecule has 0 aliphatic carbocycles. The Morgan fingerprint density at radius 3 is 2.56 bits per heavy atom. The molecule has 1 heterocycles. The van der Waals surface area contributed by atoms with Crippen molar-refractivity contribution in [3.63, 3.8) is 0 Å². The molecule has 0 aliphatic rings. The van der Waals surface area contributed by atoms with Gasteiger partial charge in [0.25, 0.3) is 0 Å². The summed E-state index contributed by atoms with van der Waals surface area (Å²) in [7, 11) is 0. The van der Waals surface area contributed by atoms with Crippen LogP contribution in [0.1, 0.15) is 13.8 Å². The highest BCUT2D eigenvalue weighted by atomic mass is 79.9. The fourth-order valence-corrected chi connectivity index (χ4v) is 1.87. The third-order valence-corrected chi connectivity index (χ3v) is 2.81. The smallest absolute Gasteiger partial charge is 0.163 e. The summed E-state index contributed by atoms with van der Waals surface area (Å²) in [6, 6.07) is 8.13. The van der Waals surface area contributed by atoms with E-state index in [1.54, 1.807) is 6.33 Å². The zero-order valence-corrected chi connectivity index (χ0v) is 11.0. The van der Waals surface area contributed by atoms with E-state index in [0.717, 1.165) is 22.4 Å². The van der Waals surface area contributed by atoms with Crippen LogP contribution in [-0.2, 0) is 6.54 Å². The lowest BCUT2D eigenvalue weighted by Gasteiger charge is -2.08. The van der Waals surface area contributed by atoms with E-state index in [0.29, 0.717) is 5.92 Å². The first-order valence-corrected chi connectivity index (χ1v) is 6.10. The summed E-state index contributed by atoms with van der Waals surface area (Å²) < 4.78 is 3.17. The Morgan fingerprint density at radius 1 is 1.25 bits per heavy atom. The minimum atomic E-state index is 0.588. The Bertz CT molecular complexity index is 459. The third kappa shape index (κ3) is 2.50. The first-order chi connectivity index (χ1) is 7.66. The summed E-state index contributed by atoms with van der Waals surface area (Å²) >= 11 is 3.42. The van der Waals surface area contributed by atoms with Crippen LogP contribution < -0.4 is 0 Å². The van der Waals surface area contributed by atoms with Gasteiger partial charge in [-0.3, -0.25) is 0 Å². The van der Waals surface area contributed by atoms with Gasteiger partial charge in [-0.15, -0.1) is 10.2 Å². The van der Waals surface area contributed by atoms with Gasteiger partial charge >= 0.3 is 0 Å². The molecule has 16 heavy (non-hydrogen) atoms. The number of hydrogen-bond donors (Lipinski definition) is 0. The van der Waals surface area contributed by atoms with E-state index >= 15 is 0 Å². The lowest BCUT2D eigenvalue weighted by molar-refractivity contribution is 0.525. The topological polar surface area (TPSA) is 30.7 Å². The van der Waals surface area contributed by atoms with Crippen molar-refractivity contribution in [2.45, 2.75) is 20.4 Å². The number of rotatable bonds is 3. The van der Waals surface area contributed by atoms with Crippen molar-refractivity contribution in [1.82, 2.24) is 14.8 Å². The number of aromatic nitrogens is 3. The molecule has 1 aromatic carbocycles. The van der Waals surface area contributed by atoms with Crippen molar-refractivity contribution in [3.8, 4) is 11.4 Å². The highest BCUT2D eigenvalue weighted by Crippen LogP contribution is 2.20. The van der Waals surface area contributed by atoms with Crippen molar-refractivity contribution in [2.75, 3.05) is 0 Å². The van der Waals surface area contributed by atoms with Crippen molar-refractivity contribution in [2.24, 2.45) is 5.92 Å². The number of nitrogens with zero attached hydrogens (tertiary/aromatic N) is 3. The normalized spacial score (nSPS) is 11.0. The average molecular weight is 280 g/mol. The van der Waals surface area contributed by atoms with Crippen molar-refractivity contribution in [3.05, 3.63) is 35.1 Å². The van der Waals surface area contributed by atoms with E-state index < -0.39 is 0 Å². The molecule has 0 fully saturated rings. The average Bonchev–Trinajstić information content (AvgIpc) is 2.66. The van der Waals surface area contributed by atoms with Gasteiger partial charge in [0.05, 0.1) is 0 Å². The summed E-state index contributed by atoms with van der Waals surface area (Å²) in [6.07, 6.45) is 1.79. The summed E-state index contributed by atoms with van der Waals surface area (Å²) in [5.41, 5.74) is 1.10. The maximum Gasteiger partial charge on any atom is 0.163 e. The standard InChI is InChI=1S/C12H14BrN3/c1-9(2)7-16-8-14-15-12(16)10-3-5-11(13)6-4-10/h3-6,8-9H,7H2,1-2H3. The summed E-state index contributed by atoms with van der Waals surface area (Å²) in [6.45, 7) is 5.31. The lowest BCUT2D eigenvalue weighted by Crippen LogP contribution is -2.05. The predicted molar refractivity (Wildman–Crippen MR) is 68.0 cm³/mol. The Labute approximate surface area is 104 Å². The fraction of sp³-hybridized carbons (Fsp3) is 0.333. The second-order valence-electron chi connectivity index (χ2n) is 4.21. The molecule has 0 radical (unpaired) electrons. The van der Waals surface area contributed by atoms with Gasteiger partial charge in [0, 0.05) is 16.6 Å². The molecule has 0 aliphatic heterocycles. The van der Waals surface area contributed by atoms with Crippen LogP contribution in [-0.4, -0.2) is 14.8 Å². The van der Waals surface area contributed by atoms with Gasteiger partial charge < -0.3 is 4.57 Å². The highest BCUT2D eigenvalue weighted by Gasteiger charge is 2.07. The SMILES string of the molecule is CC(C)Cn1cnnc1-c1ccc(Br)cc1. The minimum absolute atomic E-state index is 0.588. The van der Waals surface area contributed by atoms with Gasteiger partial charge in [0.15, 0.2) is 5.82 Å². The van der Waals surface area contributed by atoms with Gasteiger partial charge in [-0.2, -0.15) is 0 Å². The maximum atomic E-state index is 4.17. The van der Waals surface area contributed by atoms with Crippen LogP contribution in [0, 0.1) is 5.92 Å². The molecule has 0 bridgehead atoms. The first kappa shape index (κ1) is 11.3. The van der Waals surface area contributed by atoms with Crippen LogP contribution in [0.5, 0.6) is 0 Å². The molecule has 1 aromatic heterocycles. The zero-order chi connectivity index (χ0) is 11.5.